The molecule has 2 aromatic carbocycles. The van der Waals surface area contributed by atoms with Crippen molar-refractivity contribution in [3.8, 4) is 22.5 Å². The minimum Gasteiger partial charge on any atom is -0.253 e. The van der Waals surface area contributed by atoms with Gasteiger partial charge in [-0.05, 0) is 123 Å². The molecule has 6 heteroatoms. The van der Waals surface area contributed by atoms with Gasteiger partial charge in [0.05, 0.1) is 11.4 Å². The van der Waals surface area contributed by atoms with E-state index in [4.69, 9.17) is 9.97 Å². The maximum absolute atomic E-state index is 14.8. The highest BCUT2D eigenvalue weighted by Crippen LogP contribution is 2.37. The molecule has 0 bridgehead atoms. The molecule has 4 aromatic rings. The lowest BCUT2D eigenvalue weighted by Crippen LogP contribution is -2.07. The number of nitrogens with zero attached hydrogens (tertiary/aromatic N) is 2. The minimum absolute atomic E-state index is 0.328. The highest BCUT2D eigenvalue weighted by Gasteiger charge is 2.21. The van der Waals surface area contributed by atoms with Crippen molar-refractivity contribution in [2.24, 2.45) is 0 Å². The predicted octanol–water partition coefficient (Wildman–Crippen LogP) is 11.0. The highest BCUT2D eigenvalue weighted by molar-refractivity contribution is 5.62. The molecule has 44 heavy (non-hydrogen) atoms. The second-order valence-electron chi connectivity index (χ2n) is 12.7. The summed E-state index contributed by atoms with van der Waals surface area (Å²) < 4.78 is 56.8. The summed E-state index contributed by atoms with van der Waals surface area (Å²) in [6, 6.07) is 15.7. The van der Waals surface area contributed by atoms with Gasteiger partial charge in [-0.15, -0.1) is 0 Å². The van der Waals surface area contributed by atoms with E-state index in [1.165, 1.54) is 73.9 Å². The van der Waals surface area contributed by atoms with Gasteiger partial charge in [0.1, 0.15) is 23.3 Å². The first-order valence-electron chi connectivity index (χ1n) is 16.4. The molecule has 0 aliphatic heterocycles. The van der Waals surface area contributed by atoms with E-state index in [9.17, 15) is 17.6 Å². The molecule has 0 amide bonds. The van der Waals surface area contributed by atoms with Gasteiger partial charge in [-0.1, -0.05) is 38.5 Å². The maximum Gasteiger partial charge on any atom is 0.135 e. The summed E-state index contributed by atoms with van der Waals surface area (Å²) in [4.78, 5) is 9.66. The van der Waals surface area contributed by atoms with Crippen LogP contribution >= 0.6 is 0 Å². The van der Waals surface area contributed by atoms with E-state index in [2.05, 4.69) is 12.1 Å². The van der Waals surface area contributed by atoms with Crippen molar-refractivity contribution in [3.63, 3.8) is 0 Å². The van der Waals surface area contributed by atoms with Gasteiger partial charge >= 0.3 is 0 Å². The van der Waals surface area contributed by atoms with Crippen LogP contribution in [0.4, 0.5) is 17.6 Å². The van der Waals surface area contributed by atoms with Crippen molar-refractivity contribution in [1.82, 2.24) is 9.97 Å². The Balaban J connectivity index is 1.21. The van der Waals surface area contributed by atoms with Gasteiger partial charge in [0.15, 0.2) is 0 Å². The van der Waals surface area contributed by atoms with E-state index in [1.807, 2.05) is 12.1 Å². The van der Waals surface area contributed by atoms with Crippen LogP contribution in [0.15, 0.2) is 60.7 Å². The number of pyridine rings is 2. The van der Waals surface area contributed by atoms with E-state index >= 15 is 0 Å². The molecule has 6 rings (SSSR count). The van der Waals surface area contributed by atoms with E-state index in [1.54, 1.807) is 0 Å². The van der Waals surface area contributed by atoms with Gasteiger partial charge in [-0.3, -0.25) is 9.97 Å². The monoisotopic (exact) mass is 600 g/mol. The van der Waals surface area contributed by atoms with Crippen LogP contribution in [-0.4, -0.2) is 9.97 Å². The highest BCUT2D eigenvalue weighted by atomic mass is 19.1. The SMILES string of the molecule is Fc1ccc(-c2cc(C3CCCCC3)cc(CCCCc3cc(C4CCCCC4)cc(-c4ccc(F)cc4F)n3)n2)c(F)c1. The summed E-state index contributed by atoms with van der Waals surface area (Å²) in [7, 11) is 0. The molecule has 2 heterocycles. The van der Waals surface area contributed by atoms with Crippen LogP contribution in [0.25, 0.3) is 22.5 Å². The first kappa shape index (κ1) is 30.5. The number of aryl methyl sites for hydroxylation is 2. The number of unbranched alkanes of at least 4 members (excludes halogenated alkanes) is 1. The molecular formula is C38H40F4N2. The Morgan fingerprint density at radius 2 is 0.909 bits per heavy atom. The van der Waals surface area contributed by atoms with Crippen molar-refractivity contribution in [2.45, 2.75) is 102 Å². The molecule has 230 valence electrons. The van der Waals surface area contributed by atoms with Gasteiger partial charge in [0, 0.05) is 34.6 Å². The fourth-order valence-corrected chi connectivity index (χ4v) is 7.10. The van der Waals surface area contributed by atoms with Crippen LogP contribution in [0, 0.1) is 23.3 Å². The second-order valence-corrected chi connectivity index (χ2v) is 12.7. The number of hydrogen-bond donors (Lipinski definition) is 0. The Morgan fingerprint density at radius 3 is 1.30 bits per heavy atom. The first-order valence-corrected chi connectivity index (χ1v) is 16.4. The van der Waals surface area contributed by atoms with Crippen LogP contribution in [-0.2, 0) is 12.8 Å². The van der Waals surface area contributed by atoms with Crippen LogP contribution in [0.1, 0.15) is 111 Å². The molecule has 0 N–H and O–H groups in total. The first-order chi connectivity index (χ1) is 21.4. The fourth-order valence-electron chi connectivity index (χ4n) is 7.10. The number of halogens is 4. The minimum atomic E-state index is -0.596. The Hall–Kier alpha value is -3.54. The Morgan fingerprint density at radius 1 is 0.500 bits per heavy atom. The zero-order valence-electron chi connectivity index (χ0n) is 25.2. The molecule has 2 saturated carbocycles. The average Bonchev–Trinajstić information content (AvgIpc) is 3.04. The zero-order chi connectivity index (χ0) is 30.5. The molecule has 2 aliphatic carbocycles. The Kier molecular flexibility index (Phi) is 9.73. The van der Waals surface area contributed by atoms with Crippen LogP contribution in [0.5, 0.6) is 0 Å². The lowest BCUT2D eigenvalue weighted by molar-refractivity contribution is 0.443. The quantitative estimate of drug-likeness (QED) is 0.141. The molecule has 2 aliphatic rings. The molecule has 0 radical (unpaired) electrons. The van der Waals surface area contributed by atoms with Crippen molar-refractivity contribution >= 4 is 0 Å². The summed E-state index contributed by atoms with van der Waals surface area (Å²) in [6.45, 7) is 0. The number of aromatic nitrogens is 2. The summed E-state index contributed by atoms with van der Waals surface area (Å²) in [5.74, 6) is -1.51. The maximum atomic E-state index is 14.8. The number of benzene rings is 2. The van der Waals surface area contributed by atoms with Crippen LogP contribution in [0.3, 0.4) is 0 Å². The number of hydrogen-bond acceptors (Lipinski definition) is 2. The van der Waals surface area contributed by atoms with Crippen LogP contribution in [0.2, 0.25) is 0 Å². The van der Waals surface area contributed by atoms with Gasteiger partial charge in [-0.25, -0.2) is 17.6 Å². The van der Waals surface area contributed by atoms with Crippen molar-refractivity contribution in [2.75, 3.05) is 0 Å². The van der Waals surface area contributed by atoms with Crippen LogP contribution < -0.4 is 0 Å². The van der Waals surface area contributed by atoms with Gasteiger partial charge in [0.25, 0.3) is 0 Å². The van der Waals surface area contributed by atoms with E-state index in [-0.39, 0.29) is 0 Å². The summed E-state index contributed by atoms with van der Waals surface area (Å²) >= 11 is 0. The predicted molar refractivity (Wildman–Crippen MR) is 167 cm³/mol. The van der Waals surface area contributed by atoms with Crippen molar-refractivity contribution in [3.05, 3.63) is 106 Å². The van der Waals surface area contributed by atoms with E-state index in [0.29, 0.717) is 34.4 Å². The van der Waals surface area contributed by atoms with Gasteiger partial charge < -0.3 is 0 Å². The normalized spacial score (nSPS) is 16.4. The van der Waals surface area contributed by atoms with E-state index in [0.717, 1.165) is 74.9 Å². The largest absolute Gasteiger partial charge is 0.253 e. The summed E-state index contributed by atoms with van der Waals surface area (Å²) in [5.41, 5.74) is 6.02. The lowest BCUT2D eigenvalue weighted by Gasteiger charge is -2.23. The smallest absolute Gasteiger partial charge is 0.135 e. The van der Waals surface area contributed by atoms with Gasteiger partial charge in [-0.2, -0.15) is 0 Å². The molecule has 2 fully saturated rings. The van der Waals surface area contributed by atoms with E-state index < -0.39 is 23.3 Å². The third-order valence-corrected chi connectivity index (χ3v) is 9.48. The topological polar surface area (TPSA) is 25.8 Å². The average molecular weight is 601 g/mol. The van der Waals surface area contributed by atoms with Gasteiger partial charge in [0.2, 0.25) is 0 Å². The molecule has 0 saturated heterocycles. The second kappa shape index (κ2) is 14.0. The van der Waals surface area contributed by atoms with Crippen molar-refractivity contribution in [1.29, 1.82) is 0 Å². The molecule has 2 aromatic heterocycles. The molecular weight excluding hydrogens is 560 g/mol. The Labute approximate surface area is 258 Å². The fraction of sp³-hybridized carbons (Fsp3) is 0.421. The molecule has 0 atom stereocenters. The third kappa shape index (κ3) is 7.39. The molecule has 2 nitrogen and oxygen atoms in total. The standard InChI is InChI=1S/C38H40F4N2/c39-29-15-17-33(35(41)23-29)37-21-27(25-9-3-1-4-10-25)19-31(43-37)13-7-8-14-32-20-28(26-11-5-2-6-12-26)22-38(44-32)34-18-16-30(40)24-36(34)42/h15-26H,1-14H2. The number of rotatable bonds is 9. The summed E-state index contributed by atoms with van der Waals surface area (Å²) in [5, 5.41) is 0. The zero-order valence-corrected chi connectivity index (χ0v) is 25.2. The third-order valence-electron chi connectivity index (χ3n) is 9.48. The molecule has 0 unspecified atom stereocenters. The Bertz CT molecular complexity index is 1470. The summed E-state index contributed by atoms with van der Waals surface area (Å²) in [6.07, 6.45) is 14.9. The lowest BCUT2D eigenvalue weighted by atomic mass is 9.83. The molecule has 0 spiro atoms. The van der Waals surface area contributed by atoms with Crippen molar-refractivity contribution < 1.29 is 17.6 Å².